The lowest BCUT2D eigenvalue weighted by Crippen LogP contribution is -2.58. The lowest BCUT2D eigenvalue weighted by Gasteiger charge is -2.46. The Labute approximate surface area is 184 Å². The number of nitrogens with zero attached hydrogens (tertiary/aromatic N) is 6. The number of phenols is 1. The van der Waals surface area contributed by atoms with Gasteiger partial charge in [0.15, 0.2) is 0 Å². The van der Waals surface area contributed by atoms with Crippen LogP contribution < -0.4 is 5.32 Å². The lowest BCUT2D eigenvalue weighted by atomic mass is 9.80. The first-order valence-corrected chi connectivity index (χ1v) is 10.5. The summed E-state index contributed by atoms with van der Waals surface area (Å²) >= 11 is 0. The number of phenolic OH excluding ortho intramolecular Hbond substituents is 1. The maximum Gasteiger partial charge on any atom is 0.201 e. The summed E-state index contributed by atoms with van der Waals surface area (Å²) in [7, 11) is 0. The summed E-state index contributed by atoms with van der Waals surface area (Å²) in [6.07, 6.45) is 4.80. The molecule has 166 valence electrons. The highest BCUT2D eigenvalue weighted by Crippen LogP contribution is 2.38. The fourth-order valence-electron chi connectivity index (χ4n) is 4.96. The van der Waals surface area contributed by atoms with Crippen molar-refractivity contribution in [2.75, 3.05) is 0 Å². The van der Waals surface area contributed by atoms with Gasteiger partial charge in [0.05, 0.1) is 17.9 Å². The van der Waals surface area contributed by atoms with E-state index in [1.807, 2.05) is 4.68 Å². The second-order valence-electron chi connectivity index (χ2n) is 9.76. The van der Waals surface area contributed by atoms with E-state index in [-0.39, 0.29) is 34.0 Å². The van der Waals surface area contributed by atoms with E-state index in [4.69, 9.17) is 0 Å². The fraction of sp³-hybridized carbons (Fsp3) is 0.409. The van der Waals surface area contributed by atoms with Gasteiger partial charge >= 0.3 is 0 Å². The molecule has 0 atom stereocenters. The monoisotopic (exact) mass is 436 g/mol. The Hall–Kier alpha value is -3.40. The topological polar surface area (TPSA) is 117 Å². The normalized spacial score (nSPS) is 18.3. The van der Waals surface area contributed by atoms with Crippen molar-refractivity contribution in [1.82, 2.24) is 40.7 Å². The predicted octanol–water partition coefficient (Wildman–Crippen LogP) is 3.60. The average molecular weight is 436 g/mol. The first-order chi connectivity index (χ1) is 15.1. The molecule has 9 nitrogen and oxygen atoms in total. The third-order valence-corrected chi connectivity index (χ3v) is 5.91. The van der Waals surface area contributed by atoms with Gasteiger partial charge in [-0.25, -0.2) is 9.07 Å². The van der Waals surface area contributed by atoms with Gasteiger partial charge in [0.1, 0.15) is 17.1 Å². The number of aromatic hydroxyl groups is 1. The van der Waals surface area contributed by atoms with E-state index in [0.717, 1.165) is 12.8 Å². The molecule has 4 aromatic rings. The third-order valence-electron chi connectivity index (χ3n) is 5.91. The molecular formula is C22H25FN8O. The van der Waals surface area contributed by atoms with Crippen molar-refractivity contribution in [1.29, 1.82) is 0 Å². The molecule has 0 unspecified atom stereocenters. The third kappa shape index (κ3) is 3.60. The highest BCUT2D eigenvalue weighted by molar-refractivity contribution is 5.79. The molecule has 1 aliphatic rings. The molecule has 4 heterocycles. The van der Waals surface area contributed by atoms with Gasteiger partial charge in [0.2, 0.25) is 5.65 Å². The lowest BCUT2D eigenvalue weighted by molar-refractivity contribution is 0.127. The summed E-state index contributed by atoms with van der Waals surface area (Å²) < 4.78 is 16.6. The van der Waals surface area contributed by atoms with Gasteiger partial charge in [0, 0.05) is 34.0 Å². The number of rotatable bonds is 3. The number of piperidine rings is 1. The number of hydrogen-bond donors (Lipinski definition) is 3. The van der Waals surface area contributed by atoms with E-state index in [9.17, 15) is 9.50 Å². The summed E-state index contributed by atoms with van der Waals surface area (Å²) in [5.41, 5.74) is 2.35. The number of nitrogens with one attached hydrogen (secondary N) is 2. The highest BCUT2D eigenvalue weighted by Gasteiger charge is 2.39. The fourth-order valence-corrected chi connectivity index (χ4v) is 4.96. The van der Waals surface area contributed by atoms with Gasteiger partial charge in [-0.2, -0.15) is 5.10 Å². The number of hydrogen-bond acceptors (Lipinski definition) is 7. The van der Waals surface area contributed by atoms with E-state index < -0.39 is 5.82 Å². The molecule has 0 bridgehead atoms. The molecule has 0 spiro atoms. The highest BCUT2D eigenvalue weighted by atomic mass is 19.1. The summed E-state index contributed by atoms with van der Waals surface area (Å²) in [5, 5.41) is 37.9. The smallest absolute Gasteiger partial charge is 0.201 e. The van der Waals surface area contributed by atoms with Crippen LogP contribution in [0.3, 0.4) is 0 Å². The Morgan fingerprint density at radius 3 is 2.47 bits per heavy atom. The van der Waals surface area contributed by atoms with Crippen LogP contribution in [0.5, 0.6) is 5.75 Å². The Balaban J connectivity index is 1.52. The first-order valence-electron chi connectivity index (χ1n) is 10.5. The SMILES string of the molecule is CC1(C)CC(n2nnc3cc(-c4cc(F)c(-c5cn[nH]c5)cc4O)nnc32)CC(C)(C)N1. The van der Waals surface area contributed by atoms with E-state index in [2.05, 4.69) is 63.7 Å². The molecular weight excluding hydrogens is 411 g/mol. The van der Waals surface area contributed by atoms with Gasteiger partial charge in [-0.15, -0.1) is 15.3 Å². The zero-order valence-electron chi connectivity index (χ0n) is 18.4. The van der Waals surface area contributed by atoms with Gasteiger partial charge in [-0.05, 0) is 58.7 Å². The van der Waals surface area contributed by atoms with Gasteiger partial charge < -0.3 is 10.4 Å². The minimum atomic E-state index is -0.496. The maximum atomic E-state index is 14.7. The van der Waals surface area contributed by atoms with Crippen LogP contribution in [0.4, 0.5) is 4.39 Å². The predicted molar refractivity (Wildman–Crippen MR) is 117 cm³/mol. The molecule has 1 aromatic carbocycles. The number of H-pyrrole nitrogens is 1. The number of aromatic amines is 1. The van der Waals surface area contributed by atoms with Crippen LogP contribution in [0.25, 0.3) is 33.5 Å². The molecule has 32 heavy (non-hydrogen) atoms. The molecule has 0 aliphatic carbocycles. The van der Waals surface area contributed by atoms with Crippen molar-refractivity contribution in [3.05, 3.63) is 36.4 Å². The van der Waals surface area contributed by atoms with E-state index in [1.54, 1.807) is 12.3 Å². The van der Waals surface area contributed by atoms with Crippen LogP contribution in [0.2, 0.25) is 0 Å². The molecule has 0 amide bonds. The second kappa shape index (κ2) is 7.06. The first kappa shape index (κ1) is 20.5. The Kier molecular flexibility index (Phi) is 4.52. The summed E-state index contributed by atoms with van der Waals surface area (Å²) in [6.45, 7) is 8.70. The summed E-state index contributed by atoms with van der Waals surface area (Å²) in [5.74, 6) is -0.602. The Morgan fingerprint density at radius 1 is 1.03 bits per heavy atom. The van der Waals surface area contributed by atoms with E-state index in [1.165, 1.54) is 18.3 Å². The zero-order chi connectivity index (χ0) is 22.7. The molecule has 5 rings (SSSR count). The van der Waals surface area contributed by atoms with Crippen LogP contribution in [-0.4, -0.2) is 51.6 Å². The number of aromatic nitrogens is 7. The molecule has 0 radical (unpaired) electrons. The molecule has 3 aromatic heterocycles. The number of benzene rings is 1. The molecule has 1 saturated heterocycles. The van der Waals surface area contributed by atoms with Gasteiger partial charge in [-0.3, -0.25) is 5.10 Å². The number of halogens is 1. The number of fused-ring (bicyclic) bond motifs is 1. The van der Waals surface area contributed by atoms with Gasteiger partial charge in [-0.1, -0.05) is 5.21 Å². The molecule has 10 heteroatoms. The van der Waals surface area contributed by atoms with Crippen molar-refractivity contribution in [2.45, 2.75) is 57.7 Å². The minimum Gasteiger partial charge on any atom is -0.507 e. The minimum absolute atomic E-state index is 0.0574. The largest absolute Gasteiger partial charge is 0.507 e. The van der Waals surface area contributed by atoms with Crippen molar-refractivity contribution >= 4 is 11.2 Å². The van der Waals surface area contributed by atoms with Crippen molar-refractivity contribution in [3.8, 4) is 28.1 Å². The zero-order valence-corrected chi connectivity index (χ0v) is 18.4. The van der Waals surface area contributed by atoms with Crippen molar-refractivity contribution < 1.29 is 9.50 Å². The molecule has 0 saturated carbocycles. The van der Waals surface area contributed by atoms with E-state index >= 15 is 0 Å². The summed E-state index contributed by atoms with van der Waals surface area (Å²) in [4.78, 5) is 0. The quantitative estimate of drug-likeness (QED) is 0.449. The molecule has 1 fully saturated rings. The van der Waals surface area contributed by atoms with Gasteiger partial charge in [0.25, 0.3) is 0 Å². The van der Waals surface area contributed by atoms with Crippen molar-refractivity contribution in [3.63, 3.8) is 0 Å². The standard InChI is InChI=1S/C22H25FN8O/c1-21(2)8-13(9-22(3,4)29-21)31-20-18(27-30-31)7-17(26-28-20)15-5-16(23)14(6-19(15)32)12-10-24-25-11-12/h5-7,10-11,13,29,32H,8-9H2,1-4H3,(H,24,25). The molecule has 3 N–H and O–H groups in total. The average Bonchev–Trinajstić information content (AvgIpc) is 3.36. The van der Waals surface area contributed by atoms with Crippen molar-refractivity contribution in [2.24, 2.45) is 0 Å². The Morgan fingerprint density at radius 2 is 1.78 bits per heavy atom. The summed E-state index contributed by atoms with van der Waals surface area (Å²) in [6, 6.07) is 4.40. The van der Waals surface area contributed by atoms with E-state index in [0.29, 0.717) is 22.4 Å². The van der Waals surface area contributed by atoms with Crippen LogP contribution in [-0.2, 0) is 0 Å². The van der Waals surface area contributed by atoms with Crippen LogP contribution in [0.15, 0.2) is 30.6 Å². The second-order valence-corrected chi connectivity index (χ2v) is 9.76. The Bertz CT molecular complexity index is 1280. The van der Waals surface area contributed by atoms with Crippen LogP contribution >= 0.6 is 0 Å². The maximum absolute atomic E-state index is 14.7. The van der Waals surface area contributed by atoms with Crippen LogP contribution in [0.1, 0.15) is 46.6 Å². The van der Waals surface area contributed by atoms with Crippen LogP contribution in [0, 0.1) is 5.82 Å². The molecule has 1 aliphatic heterocycles.